The molecule has 1 fully saturated rings. The first-order valence-electron chi connectivity index (χ1n) is 6.39. The van der Waals surface area contributed by atoms with Crippen molar-refractivity contribution in [3.05, 3.63) is 23.8 Å². The van der Waals surface area contributed by atoms with Gasteiger partial charge in [-0.25, -0.2) is 0 Å². The third-order valence-corrected chi connectivity index (χ3v) is 4.35. The average molecular weight is 280 g/mol. The molecular formula is C14H20N2S2. The summed E-state index contributed by atoms with van der Waals surface area (Å²) in [5.74, 6) is 0.863. The molecule has 0 bridgehead atoms. The maximum Gasteiger partial charge on any atom is 0.107 e. The lowest BCUT2D eigenvalue weighted by Crippen LogP contribution is -2.28. The minimum Gasteiger partial charge on any atom is -0.389 e. The standard InChI is InChI=1S/C14H20N2S2/c1-3-16(9-10-7-8-10)11-5-4-6-12(18-2)13(11)14(15)17/h4-6,10H,3,7-9H2,1-2H3,(H2,15,17). The van der Waals surface area contributed by atoms with E-state index in [1.54, 1.807) is 11.8 Å². The Labute approximate surface area is 119 Å². The summed E-state index contributed by atoms with van der Waals surface area (Å²) in [4.78, 5) is 4.09. The molecule has 1 aliphatic carbocycles. The molecule has 1 aromatic rings. The van der Waals surface area contributed by atoms with Gasteiger partial charge in [0.05, 0.1) is 0 Å². The molecule has 18 heavy (non-hydrogen) atoms. The Morgan fingerprint density at radius 3 is 2.72 bits per heavy atom. The Bertz CT molecular complexity index is 441. The molecule has 0 saturated heterocycles. The van der Waals surface area contributed by atoms with Crippen LogP contribution in [0.3, 0.4) is 0 Å². The zero-order chi connectivity index (χ0) is 13.1. The molecule has 0 aromatic heterocycles. The lowest BCUT2D eigenvalue weighted by Gasteiger charge is -2.26. The Hall–Kier alpha value is -0.740. The van der Waals surface area contributed by atoms with Crippen LogP contribution in [0.25, 0.3) is 0 Å². The summed E-state index contributed by atoms with van der Waals surface area (Å²) in [6.45, 7) is 4.32. The molecule has 1 saturated carbocycles. The van der Waals surface area contributed by atoms with Crippen LogP contribution in [0.2, 0.25) is 0 Å². The largest absolute Gasteiger partial charge is 0.389 e. The highest BCUT2D eigenvalue weighted by Gasteiger charge is 2.25. The number of thiocarbonyl (C=S) groups is 1. The van der Waals surface area contributed by atoms with Gasteiger partial charge in [-0.05, 0) is 44.1 Å². The summed E-state index contributed by atoms with van der Waals surface area (Å²) in [5, 5.41) is 0. The SMILES string of the molecule is CCN(CC1CC1)c1cccc(SC)c1C(N)=S. The minimum atomic E-state index is 0.504. The summed E-state index contributed by atoms with van der Waals surface area (Å²) in [6.07, 6.45) is 4.79. The van der Waals surface area contributed by atoms with Crippen molar-refractivity contribution >= 4 is 34.7 Å². The van der Waals surface area contributed by atoms with Crippen molar-refractivity contribution in [3.8, 4) is 0 Å². The lowest BCUT2D eigenvalue weighted by molar-refractivity contribution is 0.740. The minimum absolute atomic E-state index is 0.504. The number of thioether (sulfide) groups is 1. The average Bonchev–Trinajstić information content (AvgIpc) is 3.18. The Balaban J connectivity index is 2.36. The van der Waals surface area contributed by atoms with E-state index in [9.17, 15) is 0 Å². The first-order chi connectivity index (χ1) is 8.67. The summed E-state index contributed by atoms with van der Waals surface area (Å²) in [6, 6.07) is 6.33. The Morgan fingerprint density at radius 2 is 2.22 bits per heavy atom. The summed E-state index contributed by atoms with van der Waals surface area (Å²) >= 11 is 6.94. The zero-order valence-electron chi connectivity index (χ0n) is 11.0. The number of hydrogen-bond acceptors (Lipinski definition) is 3. The van der Waals surface area contributed by atoms with E-state index in [0.717, 1.165) is 24.6 Å². The molecular weight excluding hydrogens is 260 g/mol. The van der Waals surface area contributed by atoms with Gasteiger partial charge in [0, 0.05) is 29.2 Å². The van der Waals surface area contributed by atoms with E-state index in [1.807, 2.05) is 0 Å². The van der Waals surface area contributed by atoms with E-state index < -0.39 is 0 Å². The molecule has 2 N–H and O–H groups in total. The van der Waals surface area contributed by atoms with Crippen LogP contribution in [0.1, 0.15) is 25.3 Å². The van der Waals surface area contributed by atoms with Crippen LogP contribution in [0.4, 0.5) is 5.69 Å². The maximum absolute atomic E-state index is 5.92. The topological polar surface area (TPSA) is 29.3 Å². The number of benzene rings is 1. The predicted molar refractivity (Wildman–Crippen MR) is 84.7 cm³/mol. The molecule has 0 radical (unpaired) electrons. The fourth-order valence-corrected chi connectivity index (χ4v) is 3.12. The van der Waals surface area contributed by atoms with Crippen LogP contribution < -0.4 is 10.6 Å². The highest BCUT2D eigenvalue weighted by Crippen LogP contribution is 2.34. The van der Waals surface area contributed by atoms with Crippen molar-refractivity contribution in [1.82, 2.24) is 0 Å². The van der Waals surface area contributed by atoms with E-state index in [4.69, 9.17) is 18.0 Å². The van der Waals surface area contributed by atoms with Gasteiger partial charge in [0.25, 0.3) is 0 Å². The number of anilines is 1. The Kier molecular flexibility index (Phi) is 4.51. The molecule has 1 aliphatic rings. The van der Waals surface area contributed by atoms with E-state index in [2.05, 4.69) is 36.3 Å². The van der Waals surface area contributed by atoms with Gasteiger partial charge in [-0.2, -0.15) is 0 Å². The molecule has 2 nitrogen and oxygen atoms in total. The lowest BCUT2D eigenvalue weighted by atomic mass is 10.1. The molecule has 0 amide bonds. The predicted octanol–water partition coefficient (Wildman–Crippen LogP) is 3.28. The molecule has 0 heterocycles. The fourth-order valence-electron chi connectivity index (χ4n) is 2.21. The molecule has 4 heteroatoms. The van der Waals surface area contributed by atoms with Crippen LogP contribution in [-0.4, -0.2) is 24.3 Å². The van der Waals surface area contributed by atoms with Crippen molar-refractivity contribution < 1.29 is 0 Å². The molecule has 0 unspecified atom stereocenters. The van der Waals surface area contributed by atoms with Gasteiger partial charge in [0.1, 0.15) is 4.99 Å². The van der Waals surface area contributed by atoms with Crippen LogP contribution in [0.15, 0.2) is 23.1 Å². The van der Waals surface area contributed by atoms with Crippen molar-refractivity contribution in [3.63, 3.8) is 0 Å². The van der Waals surface area contributed by atoms with Crippen LogP contribution in [0.5, 0.6) is 0 Å². The first-order valence-corrected chi connectivity index (χ1v) is 8.02. The zero-order valence-corrected chi connectivity index (χ0v) is 12.6. The third-order valence-electron chi connectivity index (χ3n) is 3.37. The van der Waals surface area contributed by atoms with Crippen LogP contribution >= 0.6 is 24.0 Å². The van der Waals surface area contributed by atoms with E-state index in [-0.39, 0.29) is 0 Å². The molecule has 2 rings (SSSR count). The molecule has 98 valence electrons. The summed E-state index contributed by atoms with van der Waals surface area (Å²) in [7, 11) is 0. The molecule has 0 aliphatic heterocycles. The van der Waals surface area contributed by atoms with E-state index in [1.165, 1.54) is 23.4 Å². The quantitative estimate of drug-likeness (QED) is 0.639. The van der Waals surface area contributed by atoms with Gasteiger partial charge >= 0.3 is 0 Å². The second-order valence-corrected chi connectivity index (χ2v) is 5.99. The maximum atomic E-state index is 5.92. The van der Waals surface area contributed by atoms with E-state index >= 15 is 0 Å². The smallest absolute Gasteiger partial charge is 0.107 e. The highest BCUT2D eigenvalue weighted by molar-refractivity contribution is 7.98. The number of hydrogen-bond donors (Lipinski definition) is 1. The molecule has 0 spiro atoms. The van der Waals surface area contributed by atoms with Crippen LogP contribution in [0, 0.1) is 5.92 Å². The number of nitrogens with zero attached hydrogens (tertiary/aromatic N) is 1. The Morgan fingerprint density at radius 1 is 1.50 bits per heavy atom. The second-order valence-electron chi connectivity index (χ2n) is 4.70. The molecule has 1 aromatic carbocycles. The number of nitrogens with two attached hydrogens (primary N) is 1. The van der Waals surface area contributed by atoms with E-state index in [0.29, 0.717) is 4.99 Å². The van der Waals surface area contributed by atoms with Gasteiger partial charge in [-0.15, -0.1) is 11.8 Å². The normalized spacial score (nSPS) is 14.6. The van der Waals surface area contributed by atoms with Crippen molar-refractivity contribution in [2.24, 2.45) is 11.7 Å². The first kappa shape index (κ1) is 13.7. The van der Waals surface area contributed by atoms with Gasteiger partial charge in [-0.1, -0.05) is 18.3 Å². The van der Waals surface area contributed by atoms with Gasteiger partial charge < -0.3 is 10.6 Å². The third kappa shape index (κ3) is 2.98. The van der Waals surface area contributed by atoms with Crippen molar-refractivity contribution in [1.29, 1.82) is 0 Å². The van der Waals surface area contributed by atoms with Gasteiger partial charge in [0.15, 0.2) is 0 Å². The van der Waals surface area contributed by atoms with Crippen LogP contribution in [-0.2, 0) is 0 Å². The highest BCUT2D eigenvalue weighted by atomic mass is 32.2. The second kappa shape index (κ2) is 5.93. The van der Waals surface area contributed by atoms with Gasteiger partial charge in [-0.3, -0.25) is 0 Å². The summed E-state index contributed by atoms with van der Waals surface area (Å²) in [5.41, 5.74) is 8.16. The number of rotatable bonds is 6. The fraction of sp³-hybridized carbons (Fsp3) is 0.500. The summed E-state index contributed by atoms with van der Waals surface area (Å²) < 4.78 is 0. The van der Waals surface area contributed by atoms with Crippen molar-refractivity contribution in [2.75, 3.05) is 24.2 Å². The van der Waals surface area contributed by atoms with Crippen molar-refractivity contribution in [2.45, 2.75) is 24.7 Å². The monoisotopic (exact) mass is 280 g/mol. The molecule has 0 atom stereocenters. The van der Waals surface area contributed by atoms with Gasteiger partial charge in [0.2, 0.25) is 0 Å².